The number of nitrogens with zero attached hydrogens (tertiary/aromatic N) is 1. The molecule has 1 aliphatic heterocycles. The molecule has 2 aromatic rings. The van der Waals surface area contributed by atoms with Gasteiger partial charge in [-0.3, -0.25) is 9.69 Å². The highest BCUT2D eigenvalue weighted by molar-refractivity contribution is 5.78. The van der Waals surface area contributed by atoms with Crippen molar-refractivity contribution in [3.05, 3.63) is 65.2 Å². The summed E-state index contributed by atoms with van der Waals surface area (Å²) in [5.74, 6) is 0.985. The van der Waals surface area contributed by atoms with Crippen LogP contribution in [0.25, 0.3) is 0 Å². The van der Waals surface area contributed by atoms with Crippen LogP contribution in [-0.2, 0) is 4.79 Å². The Balaban J connectivity index is 1.60. The maximum atomic E-state index is 12.6. The van der Waals surface area contributed by atoms with Crippen LogP contribution >= 0.6 is 0 Å². The molecule has 1 aliphatic rings. The van der Waals surface area contributed by atoms with Gasteiger partial charge in [0, 0.05) is 6.04 Å². The van der Waals surface area contributed by atoms with Gasteiger partial charge in [0.2, 0.25) is 5.91 Å². The van der Waals surface area contributed by atoms with E-state index in [1.807, 2.05) is 38.1 Å². The topological polar surface area (TPSA) is 41.6 Å². The van der Waals surface area contributed by atoms with E-state index in [9.17, 15) is 4.79 Å². The van der Waals surface area contributed by atoms with Gasteiger partial charge in [0.25, 0.3) is 0 Å². The Hall–Kier alpha value is -2.33. The predicted molar refractivity (Wildman–Crippen MR) is 109 cm³/mol. The molecule has 0 saturated carbocycles. The highest BCUT2D eigenvalue weighted by Crippen LogP contribution is 2.32. The summed E-state index contributed by atoms with van der Waals surface area (Å²) in [6.45, 7) is 8.20. The zero-order valence-electron chi connectivity index (χ0n) is 16.6. The maximum absolute atomic E-state index is 12.6. The number of nitrogens with one attached hydrogen (secondary N) is 1. The van der Waals surface area contributed by atoms with Gasteiger partial charge in [-0.25, -0.2) is 0 Å². The molecule has 1 fully saturated rings. The fourth-order valence-electron chi connectivity index (χ4n) is 3.97. The number of benzene rings is 2. The van der Waals surface area contributed by atoms with Gasteiger partial charge < -0.3 is 10.1 Å². The molecule has 4 heteroatoms. The van der Waals surface area contributed by atoms with Gasteiger partial charge in [-0.15, -0.1) is 0 Å². The lowest BCUT2D eigenvalue weighted by atomic mass is 10.0. The molecule has 1 N–H and O–H groups in total. The Morgan fingerprint density at radius 3 is 2.67 bits per heavy atom. The minimum atomic E-state index is 0.0187. The highest BCUT2D eigenvalue weighted by Gasteiger charge is 2.28. The first kappa shape index (κ1) is 19.4. The molecule has 1 saturated heterocycles. The first-order chi connectivity index (χ1) is 13.1. The van der Waals surface area contributed by atoms with E-state index < -0.39 is 0 Å². The molecule has 1 amide bonds. The fourth-order valence-corrected chi connectivity index (χ4v) is 3.97. The van der Waals surface area contributed by atoms with Gasteiger partial charge in [0.1, 0.15) is 5.75 Å². The van der Waals surface area contributed by atoms with Crippen molar-refractivity contribution in [2.24, 2.45) is 0 Å². The SMILES string of the molecule is CCOc1ccc([C@H]2CCCN2CC(=O)N[C@@H](C)c2ccccc2C)cc1. The third kappa shape index (κ3) is 4.89. The van der Waals surface area contributed by atoms with Crippen LogP contribution in [0.4, 0.5) is 0 Å². The summed E-state index contributed by atoms with van der Waals surface area (Å²) in [6.07, 6.45) is 2.22. The van der Waals surface area contributed by atoms with Crippen molar-refractivity contribution in [1.29, 1.82) is 0 Å². The van der Waals surface area contributed by atoms with Crippen molar-refractivity contribution in [2.75, 3.05) is 19.7 Å². The summed E-state index contributed by atoms with van der Waals surface area (Å²) in [7, 11) is 0. The molecule has 0 unspecified atom stereocenters. The van der Waals surface area contributed by atoms with E-state index in [1.165, 1.54) is 16.7 Å². The van der Waals surface area contributed by atoms with Crippen LogP contribution in [-0.4, -0.2) is 30.5 Å². The largest absolute Gasteiger partial charge is 0.494 e. The van der Waals surface area contributed by atoms with E-state index in [-0.39, 0.29) is 11.9 Å². The second-order valence-electron chi connectivity index (χ2n) is 7.28. The molecule has 0 aliphatic carbocycles. The van der Waals surface area contributed by atoms with E-state index >= 15 is 0 Å². The van der Waals surface area contributed by atoms with Gasteiger partial charge in [-0.05, 0) is 69.0 Å². The molecule has 0 spiro atoms. The Morgan fingerprint density at radius 1 is 1.22 bits per heavy atom. The van der Waals surface area contributed by atoms with Crippen molar-refractivity contribution in [2.45, 2.75) is 45.7 Å². The van der Waals surface area contributed by atoms with Crippen molar-refractivity contribution in [3.8, 4) is 5.75 Å². The number of hydrogen-bond donors (Lipinski definition) is 1. The number of aryl methyl sites for hydroxylation is 1. The Kier molecular flexibility index (Phi) is 6.51. The number of rotatable bonds is 7. The summed E-state index contributed by atoms with van der Waals surface area (Å²) in [5.41, 5.74) is 3.64. The number of likely N-dealkylation sites (tertiary alicyclic amines) is 1. The van der Waals surface area contributed by atoms with Crippen LogP contribution in [0.5, 0.6) is 5.75 Å². The van der Waals surface area contributed by atoms with Crippen LogP contribution in [0.15, 0.2) is 48.5 Å². The predicted octanol–water partition coefficient (Wildman–Crippen LogP) is 4.41. The van der Waals surface area contributed by atoms with Gasteiger partial charge in [0.15, 0.2) is 0 Å². The van der Waals surface area contributed by atoms with E-state index in [1.54, 1.807) is 0 Å². The van der Waals surface area contributed by atoms with Crippen LogP contribution in [0.3, 0.4) is 0 Å². The fraction of sp³-hybridized carbons (Fsp3) is 0.435. The zero-order chi connectivity index (χ0) is 19.2. The van der Waals surface area contributed by atoms with Crippen molar-refractivity contribution < 1.29 is 9.53 Å². The number of carbonyl (C=O) groups is 1. The van der Waals surface area contributed by atoms with Gasteiger partial charge in [-0.2, -0.15) is 0 Å². The Morgan fingerprint density at radius 2 is 1.96 bits per heavy atom. The Bertz CT molecular complexity index is 757. The smallest absolute Gasteiger partial charge is 0.234 e. The molecule has 1 heterocycles. The quantitative estimate of drug-likeness (QED) is 0.789. The highest BCUT2D eigenvalue weighted by atomic mass is 16.5. The lowest BCUT2D eigenvalue weighted by Crippen LogP contribution is -2.38. The van der Waals surface area contributed by atoms with Crippen LogP contribution in [0.1, 0.15) is 55.5 Å². The average molecular weight is 367 g/mol. The molecule has 27 heavy (non-hydrogen) atoms. The molecule has 144 valence electrons. The van der Waals surface area contributed by atoms with Gasteiger partial charge in [0.05, 0.1) is 19.2 Å². The van der Waals surface area contributed by atoms with E-state index in [0.29, 0.717) is 19.2 Å². The van der Waals surface area contributed by atoms with E-state index in [4.69, 9.17) is 4.74 Å². The van der Waals surface area contributed by atoms with Crippen LogP contribution in [0, 0.1) is 6.92 Å². The lowest BCUT2D eigenvalue weighted by molar-refractivity contribution is -0.123. The molecule has 0 aromatic heterocycles. The summed E-state index contributed by atoms with van der Waals surface area (Å²) < 4.78 is 5.53. The third-order valence-corrected chi connectivity index (χ3v) is 5.32. The second kappa shape index (κ2) is 9.05. The summed E-state index contributed by atoms with van der Waals surface area (Å²) >= 11 is 0. The zero-order valence-corrected chi connectivity index (χ0v) is 16.6. The standard InChI is InChI=1S/C23H30N2O2/c1-4-27-20-13-11-19(12-14-20)22-10-7-15-25(22)16-23(26)24-18(3)21-9-6-5-8-17(21)2/h5-6,8-9,11-14,18,22H,4,7,10,15-16H2,1-3H3,(H,24,26)/t18-,22+/m0/s1. The number of ether oxygens (including phenoxy) is 1. The Labute approximate surface area is 162 Å². The molecular formula is C23H30N2O2. The van der Waals surface area contributed by atoms with Gasteiger partial charge >= 0.3 is 0 Å². The van der Waals surface area contributed by atoms with Crippen molar-refractivity contribution in [1.82, 2.24) is 10.2 Å². The summed E-state index contributed by atoms with van der Waals surface area (Å²) in [4.78, 5) is 14.9. The normalized spacial score (nSPS) is 18.3. The lowest BCUT2D eigenvalue weighted by Gasteiger charge is -2.25. The molecular weight excluding hydrogens is 336 g/mol. The van der Waals surface area contributed by atoms with E-state index in [0.717, 1.165) is 25.1 Å². The number of carbonyl (C=O) groups excluding carboxylic acids is 1. The maximum Gasteiger partial charge on any atom is 0.234 e. The molecule has 4 nitrogen and oxygen atoms in total. The van der Waals surface area contributed by atoms with Gasteiger partial charge in [-0.1, -0.05) is 36.4 Å². The molecule has 2 atom stereocenters. The monoisotopic (exact) mass is 366 g/mol. The number of amides is 1. The van der Waals surface area contributed by atoms with Crippen molar-refractivity contribution >= 4 is 5.91 Å². The average Bonchev–Trinajstić information content (AvgIpc) is 3.11. The minimum absolute atomic E-state index is 0.0187. The number of hydrogen-bond acceptors (Lipinski definition) is 3. The first-order valence-corrected chi connectivity index (χ1v) is 9.90. The molecule has 0 bridgehead atoms. The minimum Gasteiger partial charge on any atom is -0.494 e. The molecule has 3 rings (SSSR count). The summed E-state index contributed by atoms with van der Waals surface area (Å²) in [5, 5.41) is 3.16. The van der Waals surface area contributed by atoms with Crippen LogP contribution in [0.2, 0.25) is 0 Å². The van der Waals surface area contributed by atoms with E-state index in [2.05, 4.69) is 41.4 Å². The third-order valence-electron chi connectivity index (χ3n) is 5.32. The first-order valence-electron chi connectivity index (χ1n) is 9.90. The second-order valence-corrected chi connectivity index (χ2v) is 7.28. The molecule has 0 radical (unpaired) electrons. The van der Waals surface area contributed by atoms with Crippen molar-refractivity contribution in [3.63, 3.8) is 0 Å². The van der Waals surface area contributed by atoms with Crippen LogP contribution < -0.4 is 10.1 Å². The summed E-state index contributed by atoms with van der Waals surface area (Å²) in [6, 6.07) is 16.8. The molecule has 2 aromatic carbocycles.